The normalized spacial score (nSPS) is 10.3. The lowest BCUT2D eigenvalue weighted by atomic mass is 10.1. The lowest BCUT2D eigenvalue weighted by Crippen LogP contribution is -1.91. The van der Waals surface area contributed by atoms with Crippen LogP contribution < -0.4 is 0 Å². The number of aromatic nitrogens is 1. The summed E-state index contributed by atoms with van der Waals surface area (Å²) in [6, 6.07) is 6.26. The van der Waals surface area contributed by atoms with Crippen molar-refractivity contribution in [3.8, 4) is 0 Å². The van der Waals surface area contributed by atoms with E-state index in [0.717, 1.165) is 11.8 Å². The fourth-order valence-electron chi connectivity index (χ4n) is 1.43. The minimum Gasteiger partial charge on any atom is -0.448 e. The highest BCUT2D eigenvalue weighted by Crippen LogP contribution is 2.10. The molecule has 0 bridgehead atoms. The molecule has 2 aromatic rings. The molecule has 3 nitrogen and oxygen atoms in total. The van der Waals surface area contributed by atoms with Gasteiger partial charge >= 0.3 is 0 Å². The van der Waals surface area contributed by atoms with Gasteiger partial charge < -0.3 is 9.21 Å². The van der Waals surface area contributed by atoms with Crippen molar-refractivity contribution in [3.63, 3.8) is 0 Å². The SMILES string of the molecule is O=CCc1coc(Cc2cccc(F)c2)n1. The smallest absolute Gasteiger partial charge is 0.198 e. The maximum Gasteiger partial charge on any atom is 0.198 e. The largest absolute Gasteiger partial charge is 0.448 e. The molecule has 16 heavy (non-hydrogen) atoms. The highest BCUT2D eigenvalue weighted by molar-refractivity contribution is 5.53. The zero-order valence-electron chi connectivity index (χ0n) is 8.52. The molecule has 0 aliphatic carbocycles. The molecule has 0 N–H and O–H groups in total. The Hall–Kier alpha value is -1.97. The summed E-state index contributed by atoms with van der Waals surface area (Å²) >= 11 is 0. The number of carbonyl (C=O) groups is 1. The number of benzene rings is 1. The molecule has 0 amide bonds. The van der Waals surface area contributed by atoms with Gasteiger partial charge in [0.25, 0.3) is 0 Å². The predicted octanol–water partition coefficient (Wildman–Crippen LogP) is 2.15. The Bertz CT molecular complexity index is 493. The number of carbonyl (C=O) groups excluding carboxylic acids is 1. The van der Waals surface area contributed by atoms with Crippen molar-refractivity contribution in [1.29, 1.82) is 0 Å². The second-order valence-corrected chi connectivity index (χ2v) is 3.41. The Morgan fingerprint density at radius 3 is 3.06 bits per heavy atom. The van der Waals surface area contributed by atoms with Gasteiger partial charge in [-0.2, -0.15) is 0 Å². The molecule has 0 fully saturated rings. The molecule has 1 heterocycles. The first kappa shape index (κ1) is 10.5. The van der Waals surface area contributed by atoms with Crippen LogP contribution in [0.1, 0.15) is 17.1 Å². The summed E-state index contributed by atoms with van der Waals surface area (Å²) in [4.78, 5) is 14.4. The molecule has 1 aromatic heterocycles. The van der Waals surface area contributed by atoms with Crippen molar-refractivity contribution in [3.05, 3.63) is 53.5 Å². The van der Waals surface area contributed by atoms with Crippen LogP contribution in [0.25, 0.3) is 0 Å². The maximum absolute atomic E-state index is 12.9. The molecular formula is C12H10FNO2. The average molecular weight is 219 g/mol. The summed E-state index contributed by atoms with van der Waals surface area (Å²) in [5.74, 6) is 0.208. The summed E-state index contributed by atoms with van der Waals surface area (Å²) in [5, 5.41) is 0. The van der Waals surface area contributed by atoms with E-state index in [1.165, 1.54) is 18.4 Å². The Morgan fingerprint density at radius 1 is 1.44 bits per heavy atom. The lowest BCUT2D eigenvalue weighted by molar-refractivity contribution is -0.107. The number of aldehydes is 1. The third-order valence-corrected chi connectivity index (χ3v) is 2.14. The fourth-order valence-corrected chi connectivity index (χ4v) is 1.43. The van der Waals surface area contributed by atoms with Gasteiger partial charge in [-0.25, -0.2) is 9.37 Å². The molecule has 0 saturated heterocycles. The molecular weight excluding hydrogens is 209 g/mol. The van der Waals surface area contributed by atoms with Crippen molar-refractivity contribution in [2.24, 2.45) is 0 Å². The number of rotatable bonds is 4. The molecule has 4 heteroatoms. The third kappa shape index (κ3) is 2.53. The minimum atomic E-state index is -0.280. The van der Waals surface area contributed by atoms with Gasteiger partial charge in [-0.15, -0.1) is 0 Å². The molecule has 2 rings (SSSR count). The van der Waals surface area contributed by atoms with Crippen LogP contribution in [-0.4, -0.2) is 11.3 Å². The Labute approximate surface area is 91.9 Å². The summed E-state index contributed by atoms with van der Waals surface area (Å²) in [7, 11) is 0. The first-order valence-corrected chi connectivity index (χ1v) is 4.89. The van der Waals surface area contributed by atoms with Crippen LogP contribution in [0.4, 0.5) is 4.39 Å². The van der Waals surface area contributed by atoms with E-state index in [4.69, 9.17) is 4.42 Å². The zero-order valence-corrected chi connectivity index (χ0v) is 8.52. The van der Waals surface area contributed by atoms with E-state index in [1.807, 2.05) is 0 Å². The topological polar surface area (TPSA) is 43.1 Å². The summed E-state index contributed by atoms with van der Waals surface area (Å²) in [5.41, 5.74) is 1.39. The van der Waals surface area contributed by atoms with E-state index in [2.05, 4.69) is 4.98 Å². The van der Waals surface area contributed by atoms with E-state index >= 15 is 0 Å². The molecule has 0 spiro atoms. The maximum atomic E-state index is 12.9. The summed E-state index contributed by atoms with van der Waals surface area (Å²) < 4.78 is 18.1. The Balaban J connectivity index is 2.11. The highest BCUT2D eigenvalue weighted by atomic mass is 19.1. The van der Waals surface area contributed by atoms with Gasteiger partial charge in [0, 0.05) is 12.8 Å². The quantitative estimate of drug-likeness (QED) is 0.740. The monoisotopic (exact) mass is 219 g/mol. The molecule has 0 unspecified atom stereocenters. The van der Waals surface area contributed by atoms with Crippen molar-refractivity contribution >= 4 is 6.29 Å². The van der Waals surface area contributed by atoms with E-state index in [1.54, 1.807) is 12.1 Å². The van der Waals surface area contributed by atoms with Crippen LogP contribution >= 0.6 is 0 Å². The van der Waals surface area contributed by atoms with Gasteiger partial charge in [-0.05, 0) is 17.7 Å². The van der Waals surface area contributed by atoms with Crippen molar-refractivity contribution in [1.82, 2.24) is 4.98 Å². The first-order chi connectivity index (χ1) is 7.78. The molecule has 0 atom stereocenters. The Morgan fingerprint density at radius 2 is 2.31 bits per heavy atom. The van der Waals surface area contributed by atoms with Crippen LogP contribution in [-0.2, 0) is 17.6 Å². The first-order valence-electron chi connectivity index (χ1n) is 4.89. The lowest BCUT2D eigenvalue weighted by Gasteiger charge is -1.96. The van der Waals surface area contributed by atoms with Gasteiger partial charge in [0.2, 0.25) is 0 Å². The van der Waals surface area contributed by atoms with Crippen molar-refractivity contribution < 1.29 is 13.6 Å². The van der Waals surface area contributed by atoms with Crippen LogP contribution in [0.3, 0.4) is 0 Å². The standard InChI is InChI=1S/C12H10FNO2/c13-10-3-1-2-9(6-10)7-12-14-11(4-5-15)8-16-12/h1-3,5-6,8H,4,7H2. The molecule has 0 radical (unpaired) electrons. The predicted molar refractivity (Wildman–Crippen MR) is 55.5 cm³/mol. The number of oxazole rings is 1. The van der Waals surface area contributed by atoms with E-state index in [-0.39, 0.29) is 12.2 Å². The van der Waals surface area contributed by atoms with Crippen LogP contribution in [0.2, 0.25) is 0 Å². The van der Waals surface area contributed by atoms with Gasteiger partial charge in [-0.1, -0.05) is 12.1 Å². The van der Waals surface area contributed by atoms with E-state index in [9.17, 15) is 9.18 Å². The molecule has 0 aliphatic rings. The number of halogens is 1. The minimum absolute atomic E-state index is 0.243. The van der Waals surface area contributed by atoms with Crippen LogP contribution in [0.15, 0.2) is 34.9 Å². The van der Waals surface area contributed by atoms with Crippen molar-refractivity contribution in [2.75, 3.05) is 0 Å². The Kier molecular flexibility index (Phi) is 3.10. The van der Waals surface area contributed by atoms with Crippen LogP contribution in [0.5, 0.6) is 0 Å². The van der Waals surface area contributed by atoms with Gasteiger partial charge in [0.1, 0.15) is 18.4 Å². The second kappa shape index (κ2) is 4.70. The summed E-state index contributed by atoms with van der Waals surface area (Å²) in [6.07, 6.45) is 2.89. The highest BCUT2D eigenvalue weighted by Gasteiger charge is 2.05. The van der Waals surface area contributed by atoms with E-state index in [0.29, 0.717) is 18.0 Å². The van der Waals surface area contributed by atoms with Crippen LogP contribution in [0, 0.1) is 5.82 Å². The zero-order chi connectivity index (χ0) is 11.4. The summed E-state index contributed by atoms with van der Waals surface area (Å²) in [6.45, 7) is 0. The van der Waals surface area contributed by atoms with Crippen molar-refractivity contribution in [2.45, 2.75) is 12.8 Å². The fraction of sp³-hybridized carbons (Fsp3) is 0.167. The molecule has 0 aliphatic heterocycles. The van der Waals surface area contributed by atoms with E-state index < -0.39 is 0 Å². The van der Waals surface area contributed by atoms with Gasteiger partial charge in [0.05, 0.1) is 5.69 Å². The van der Waals surface area contributed by atoms with Gasteiger partial charge in [-0.3, -0.25) is 0 Å². The second-order valence-electron chi connectivity index (χ2n) is 3.41. The number of hydrogen-bond donors (Lipinski definition) is 0. The molecule has 1 aromatic carbocycles. The number of hydrogen-bond acceptors (Lipinski definition) is 3. The average Bonchev–Trinajstić information content (AvgIpc) is 2.66. The third-order valence-electron chi connectivity index (χ3n) is 2.14. The molecule has 82 valence electrons. The van der Waals surface area contributed by atoms with Gasteiger partial charge in [0.15, 0.2) is 5.89 Å². The number of nitrogens with zero attached hydrogens (tertiary/aromatic N) is 1. The molecule has 0 saturated carbocycles.